The molecule has 18 heavy (non-hydrogen) atoms. The fourth-order valence-electron chi connectivity index (χ4n) is 2.54. The molecule has 1 aliphatic heterocycles. The number of anilines is 1. The zero-order valence-electron chi connectivity index (χ0n) is 11.2. The van der Waals surface area contributed by atoms with Crippen molar-refractivity contribution < 1.29 is 0 Å². The van der Waals surface area contributed by atoms with Crippen molar-refractivity contribution in [3.63, 3.8) is 0 Å². The summed E-state index contributed by atoms with van der Waals surface area (Å²) in [7, 11) is 0. The van der Waals surface area contributed by atoms with E-state index in [1.54, 1.807) is 0 Å². The normalized spacial score (nSPS) is 24.4. The number of hydrogen-bond acceptors (Lipinski definition) is 3. The third-order valence-electron chi connectivity index (χ3n) is 3.50. The molecule has 0 amide bonds. The van der Waals surface area contributed by atoms with Gasteiger partial charge in [0.1, 0.15) is 0 Å². The molecule has 96 valence electrons. The quantitative estimate of drug-likeness (QED) is 0.867. The lowest BCUT2D eigenvalue weighted by Crippen LogP contribution is -2.39. The topological polar surface area (TPSA) is 39.1 Å². The van der Waals surface area contributed by atoms with Crippen molar-refractivity contribution in [2.24, 2.45) is 0 Å². The van der Waals surface area contributed by atoms with Crippen molar-refractivity contribution in [1.82, 2.24) is 5.32 Å². The minimum Gasteiger partial charge on any atom is -0.370 e. The van der Waals surface area contributed by atoms with Crippen molar-refractivity contribution in [3.05, 3.63) is 29.8 Å². The fourth-order valence-corrected chi connectivity index (χ4v) is 2.54. The molecular weight excluding hydrogens is 222 g/mol. The van der Waals surface area contributed by atoms with Gasteiger partial charge >= 0.3 is 0 Å². The lowest BCUT2D eigenvalue weighted by molar-refractivity contribution is 0.473. The van der Waals surface area contributed by atoms with E-state index in [0.29, 0.717) is 12.5 Å². The molecule has 1 heterocycles. The molecule has 1 saturated heterocycles. The molecule has 1 N–H and O–H groups in total. The second-order valence-corrected chi connectivity index (χ2v) is 5.20. The highest BCUT2D eigenvalue weighted by molar-refractivity contribution is 5.48. The minimum absolute atomic E-state index is 0.271. The van der Waals surface area contributed by atoms with E-state index in [9.17, 15) is 0 Å². The summed E-state index contributed by atoms with van der Waals surface area (Å²) in [5, 5.41) is 12.4. The Morgan fingerprint density at radius 3 is 3.06 bits per heavy atom. The molecule has 2 atom stereocenters. The van der Waals surface area contributed by atoms with E-state index in [2.05, 4.69) is 54.4 Å². The van der Waals surface area contributed by atoms with Gasteiger partial charge in [-0.1, -0.05) is 12.1 Å². The van der Waals surface area contributed by atoms with Crippen LogP contribution in [0.1, 0.15) is 25.3 Å². The molecule has 1 aromatic rings. The van der Waals surface area contributed by atoms with Crippen LogP contribution in [0.15, 0.2) is 24.3 Å². The van der Waals surface area contributed by atoms with Crippen molar-refractivity contribution >= 4 is 5.69 Å². The third-order valence-corrected chi connectivity index (χ3v) is 3.50. The minimum atomic E-state index is 0.271. The van der Waals surface area contributed by atoms with Crippen LogP contribution in [0, 0.1) is 18.3 Å². The predicted molar refractivity (Wildman–Crippen MR) is 74.6 cm³/mol. The Kier molecular flexibility index (Phi) is 4.22. The second-order valence-electron chi connectivity index (χ2n) is 5.20. The molecule has 0 aromatic heterocycles. The van der Waals surface area contributed by atoms with Crippen LogP contribution in [0.5, 0.6) is 0 Å². The predicted octanol–water partition coefficient (Wildman–Crippen LogP) is 2.47. The number of aryl methyl sites for hydroxylation is 1. The number of nitrogens with zero attached hydrogens (tertiary/aromatic N) is 2. The highest BCUT2D eigenvalue weighted by atomic mass is 15.2. The van der Waals surface area contributed by atoms with E-state index in [-0.39, 0.29) is 6.04 Å². The van der Waals surface area contributed by atoms with Crippen LogP contribution in [-0.2, 0) is 0 Å². The van der Waals surface area contributed by atoms with Crippen LogP contribution in [-0.4, -0.2) is 25.2 Å². The van der Waals surface area contributed by atoms with Gasteiger partial charge < -0.3 is 10.2 Å². The summed E-state index contributed by atoms with van der Waals surface area (Å²) < 4.78 is 0. The summed E-state index contributed by atoms with van der Waals surface area (Å²) in [5.41, 5.74) is 2.56. The molecule has 2 rings (SSSR count). The van der Waals surface area contributed by atoms with E-state index in [1.807, 2.05) is 0 Å². The maximum absolute atomic E-state index is 8.89. The summed E-state index contributed by atoms with van der Waals surface area (Å²) in [6, 6.07) is 11.6. The average molecular weight is 243 g/mol. The molecule has 2 unspecified atom stereocenters. The van der Waals surface area contributed by atoms with Crippen molar-refractivity contribution in [2.45, 2.75) is 38.8 Å². The van der Waals surface area contributed by atoms with Crippen LogP contribution < -0.4 is 10.2 Å². The van der Waals surface area contributed by atoms with E-state index < -0.39 is 0 Å². The first-order valence-corrected chi connectivity index (χ1v) is 6.63. The molecular formula is C15H21N3. The average Bonchev–Trinajstić information content (AvgIpc) is 2.52. The number of benzene rings is 1. The molecule has 1 aromatic carbocycles. The van der Waals surface area contributed by atoms with Crippen molar-refractivity contribution in [2.75, 3.05) is 18.0 Å². The Labute approximate surface area is 109 Å². The van der Waals surface area contributed by atoms with Gasteiger partial charge in [-0.25, -0.2) is 0 Å². The molecule has 1 aliphatic rings. The smallest absolute Gasteiger partial charge is 0.0638 e. The highest BCUT2D eigenvalue weighted by Crippen LogP contribution is 2.19. The summed E-state index contributed by atoms with van der Waals surface area (Å²) in [4.78, 5) is 2.39. The number of nitriles is 1. The van der Waals surface area contributed by atoms with Gasteiger partial charge in [0, 0.05) is 30.9 Å². The van der Waals surface area contributed by atoms with E-state index in [0.717, 1.165) is 19.5 Å². The summed E-state index contributed by atoms with van der Waals surface area (Å²) in [5.74, 6) is 0. The van der Waals surface area contributed by atoms with Crippen LogP contribution in [0.2, 0.25) is 0 Å². The van der Waals surface area contributed by atoms with Crippen LogP contribution in [0.25, 0.3) is 0 Å². The first-order valence-electron chi connectivity index (χ1n) is 6.63. The van der Waals surface area contributed by atoms with Gasteiger partial charge in [-0.3, -0.25) is 0 Å². The maximum Gasteiger partial charge on any atom is 0.0638 e. The Balaban J connectivity index is 2.14. The van der Waals surface area contributed by atoms with Gasteiger partial charge in [0.05, 0.1) is 12.5 Å². The summed E-state index contributed by atoms with van der Waals surface area (Å²) in [6.45, 7) is 6.29. The molecule has 0 radical (unpaired) electrons. The Morgan fingerprint density at radius 1 is 1.50 bits per heavy atom. The van der Waals surface area contributed by atoms with E-state index in [1.165, 1.54) is 11.3 Å². The standard InChI is InChI=1S/C15H21N3/c1-12-4-3-5-15(10-12)18-9-7-13(2)17-14(11-18)6-8-16/h3-5,10,13-14,17H,6-7,9,11H2,1-2H3. The zero-order valence-corrected chi connectivity index (χ0v) is 11.2. The third kappa shape index (κ3) is 3.24. The SMILES string of the molecule is Cc1cccc(N2CCC(C)NC(CC#N)C2)c1. The number of rotatable bonds is 2. The Morgan fingerprint density at radius 2 is 2.33 bits per heavy atom. The van der Waals surface area contributed by atoms with Crippen molar-refractivity contribution in [3.8, 4) is 6.07 Å². The first-order chi connectivity index (χ1) is 8.69. The maximum atomic E-state index is 8.89. The molecule has 0 saturated carbocycles. The van der Waals surface area contributed by atoms with Gasteiger partial charge in [0.15, 0.2) is 0 Å². The van der Waals surface area contributed by atoms with Gasteiger partial charge in [0.2, 0.25) is 0 Å². The summed E-state index contributed by atoms with van der Waals surface area (Å²) in [6.07, 6.45) is 1.70. The second kappa shape index (κ2) is 5.88. The van der Waals surface area contributed by atoms with Gasteiger partial charge in [0.25, 0.3) is 0 Å². The van der Waals surface area contributed by atoms with Gasteiger partial charge in [-0.15, -0.1) is 0 Å². The Bertz CT molecular complexity index is 436. The lowest BCUT2D eigenvalue weighted by Gasteiger charge is -2.25. The van der Waals surface area contributed by atoms with Crippen LogP contribution in [0.3, 0.4) is 0 Å². The Hall–Kier alpha value is -1.53. The zero-order chi connectivity index (χ0) is 13.0. The molecule has 0 spiro atoms. The molecule has 0 bridgehead atoms. The van der Waals surface area contributed by atoms with Gasteiger partial charge in [-0.05, 0) is 38.0 Å². The monoisotopic (exact) mass is 243 g/mol. The molecule has 1 fully saturated rings. The van der Waals surface area contributed by atoms with E-state index in [4.69, 9.17) is 5.26 Å². The van der Waals surface area contributed by atoms with Gasteiger partial charge in [-0.2, -0.15) is 5.26 Å². The lowest BCUT2D eigenvalue weighted by atomic mass is 10.1. The summed E-state index contributed by atoms with van der Waals surface area (Å²) >= 11 is 0. The van der Waals surface area contributed by atoms with Crippen LogP contribution >= 0.6 is 0 Å². The number of nitrogens with one attached hydrogen (secondary N) is 1. The molecule has 3 heteroatoms. The van der Waals surface area contributed by atoms with E-state index >= 15 is 0 Å². The van der Waals surface area contributed by atoms with Crippen molar-refractivity contribution in [1.29, 1.82) is 5.26 Å². The number of hydrogen-bond donors (Lipinski definition) is 1. The first kappa shape index (κ1) is 12.9. The molecule has 3 nitrogen and oxygen atoms in total. The highest BCUT2D eigenvalue weighted by Gasteiger charge is 2.21. The van der Waals surface area contributed by atoms with Crippen LogP contribution in [0.4, 0.5) is 5.69 Å². The molecule has 0 aliphatic carbocycles. The largest absolute Gasteiger partial charge is 0.370 e. The fraction of sp³-hybridized carbons (Fsp3) is 0.533.